The number of nitrogens with zero attached hydrogens (tertiary/aromatic N) is 1. The Hall–Kier alpha value is -1.26. The predicted molar refractivity (Wildman–Crippen MR) is 69.4 cm³/mol. The molecule has 0 radical (unpaired) electrons. The smallest absolute Gasteiger partial charge is 0.326 e. The Labute approximate surface area is 109 Å². The minimum atomic E-state index is -0.964. The lowest BCUT2D eigenvalue weighted by atomic mass is 9.85. The zero-order valence-corrected chi connectivity index (χ0v) is 11.5. The molecule has 0 aliphatic heterocycles. The predicted octanol–water partition coefficient (Wildman–Crippen LogP) is 1.93. The number of hydrogen-bond donors (Lipinski definition) is 2. The summed E-state index contributed by atoms with van der Waals surface area (Å²) in [6.45, 7) is 4.61. The van der Waals surface area contributed by atoms with Crippen molar-refractivity contribution in [3.8, 4) is 0 Å². The molecule has 5 nitrogen and oxygen atoms in total. The Bertz CT molecular complexity index is 301. The van der Waals surface area contributed by atoms with Gasteiger partial charge in [0, 0.05) is 13.6 Å². The maximum Gasteiger partial charge on any atom is 0.326 e. The van der Waals surface area contributed by atoms with E-state index in [1.165, 1.54) is 19.3 Å². The maximum absolute atomic E-state index is 11.9. The Morgan fingerprint density at radius 1 is 1.39 bits per heavy atom. The van der Waals surface area contributed by atoms with E-state index in [4.69, 9.17) is 5.11 Å². The third-order valence-corrected chi connectivity index (χ3v) is 3.41. The Kier molecular flexibility index (Phi) is 5.44. The molecule has 2 N–H and O–H groups in total. The normalized spacial score (nSPS) is 17.1. The highest BCUT2D eigenvalue weighted by Gasteiger charge is 2.25. The van der Waals surface area contributed by atoms with Crippen LogP contribution in [0.25, 0.3) is 0 Å². The van der Waals surface area contributed by atoms with Crippen LogP contribution in [-0.2, 0) is 4.79 Å². The molecule has 1 atom stereocenters. The van der Waals surface area contributed by atoms with Gasteiger partial charge in [-0.1, -0.05) is 20.3 Å². The lowest BCUT2D eigenvalue weighted by molar-refractivity contribution is -0.139. The molecule has 1 aliphatic rings. The van der Waals surface area contributed by atoms with Gasteiger partial charge in [-0.2, -0.15) is 0 Å². The Morgan fingerprint density at radius 2 is 2.00 bits per heavy atom. The molecule has 5 heteroatoms. The van der Waals surface area contributed by atoms with Crippen LogP contribution in [0.4, 0.5) is 4.79 Å². The molecule has 1 saturated carbocycles. The second kappa shape index (κ2) is 6.61. The molecule has 0 bridgehead atoms. The number of carbonyl (C=O) groups is 2. The molecule has 104 valence electrons. The lowest BCUT2D eigenvalue weighted by Crippen LogP contribution is -2.48. The van der Waals surface area contributed by atoms with Crippen LogP contribution < -0.4 is 5.32 Å². The largest absolute Gasteiger partial charge is 0.480 e. The topological polar surface area (TPSA) is 69.6 Å². The Morgan fingerprint density at radius 3 is 2.39 bits per heavy atom. The minimum Gasteiger partial charge on any atom is -0.480 e. The van der Waals surface area contributed by atoms with E-state index >= 15 is 0 Å². The van der Waals surface area contributed by atoms with Crippen molar-refractivity contribution in [2.45, 2.75) is 45.6 Å². The van der Waals surface area contributed by atoms with E-state index in [0.29, 0.717) is 12.3 Å². The molecule has 1 fully saturated rings. The zero-order valence-electron chi connectivity index (χ0n) is 11.5. The highest BCUT2D eigenvalue weighted by molar-refractivity contribution is 5.82. The third-order valence-electron chi connectivity index (χ3n) is 3.41. The first-order valence-corrected chi connectivity index (χ1v) is 6.64. The van der Waals surface area contributed by atoms with Crippen LogP contribution in [0.1, 0.15) is 39.5 Å². The molecule has 0 unspecified atom stereocenters. The molecule has 0 heterocycles. The van der Waals surface area contributed by atoms with Gasteiger partial charge < -0.3 is 15.3 Å². The quantitative estimate of drug-likeness (QED) is 0.763. The van der Waals surface area contributed by atoms with Gasteiger partial charge in [0.15, 0.2) is 0 Å². The van der Waals surface area contributed by atoms with E-state index in [1.807, 2.05) is 13.8 Å². The Balaban J connectivity index is 2.41. The zero-order chi connectivity index (χ0) is 13.7. The number of nitrogens with one attached hydrogen (secondary N) is 1. The number of carboxylic acid groups (broad SMARTS) is 1. The van der Waals surface area contributed by atoms with Crippen molar-refractivity contribution in [2.24, 2.45) is 11.8 Å². The average molecular weight is 256 g/mol. The highest BCUT2D eigenvalue weighted by Crippen LogP contribution is 2.26. The molecule has 0 spiro atoms. The van der Waals surface area contributed by atoms with Crippen molar-refractivity contribution in [3.05, 3.63) is 0 Å². The molecule has 1 rings (SSSR count). The minimum absolute atomic E-state index is 0.239. The van der Waals surface area contributed by atoms with Crippen molar-refractivity contribution < 1.29 is 14.7 Å². The summed E-state index contributed by atoms with van der Waals surface area (Å²) >= 11 is 0. The summed E-state index contributed by atoms with van der Waals surface area (Å²) in [7, 11) is 1.72. The molecule has 2 amide bonds. The molecule has 18 heavy (non-hydrogen) atoms. The van der Waals surface area contributed by atoms with E-state index in [9.17, 15) is 9.59 Å². The average Bonchev–Trinajstić information content (AvgIpc) is 2.21. The number of rotatable bonds is 6. The SMILES string of the molecule is CC(C)C[C@H](NC(=O)N(C)CC1CCC1)C(=O)O. The summed E-state index contributed by atoms with van der Waals surface area (Å²) in [5.74, 6) is -0.133. The number of carbonyl (C=O) groups excluding carboxylic acids is 1. The number of amides is 2. The van der Waals surface area contributed by atoms with Gasteiger partial charge in [0.25, 0.3) is 0 Å². The third kappa shape index (κ3) is 4.55. The van der Waals surface area contributed by atoms with Crippen LogP contribution in [0.5, 0.6) is 0 Å². The summed E-state index contributed by atoms with van der Waals surface area (Å²) in [6, 6.07) is -1.07. The molecule has 0 aromatic carbocycles. The second-order valence-electron chi connectivity index (χ2n) is 5.65. The maximum atomic E-state index is 11.9. The summed E-state index contributed by atoms with van der Waals surface area (Å²) in [5.41, 5.74) is 0. The monoisotopic (exact) mass is 256 g/mol. The number of hydrogen-bond acceptors (Lipinski definition) is 2. The summed E-state index contributed by atoms with van der Waals surface area (Å²) in [6.07, 6.45) is 4.04. The molecule has 0 aromatic rings. The fourth-order valence-electron chi connectivity index (χ4n) is 2.10. The number of aliphatic carboxylic acids is 1. The van der Waals surface area contributed by atoms with Crippen molar-refractivity contribution in [3.63, 3.8) is 0 Å². The van der Waals surface area contributed by atoms with Crippen molar-refractivity contribution in [1.29, 1.82) is 0 Å². The molecule has 0 saturated heterocycles. The number of urea groups is 1. The lowest BCUT2D eigenvalue weighted by Gasteiger charge is -2.31. The van der Waals surface area contributed by atoms with Gasteiger partial charge in [0.2, 0.25) is 0 Å². The van der Waals surface area contributed by atoms with Crippen molar-refractivity contribution in [2.75, 3.05) is 13.6 Å². The van der Waals surface area contributed by atoms with Gasteiger partial charge in [0.1, 0.15) is 6.04 Å². The van der Waals surface area contributed by atoms with Crippen LogP contribution in [-0.4, -0.2) is 41.6 Å². The van der Waals surface area contributed by atoms with Crippen LogP contribution in [0.3, 0.4) is 0 Å². The van der Waals surface area contributed by atoms with Crippen LogP contribution in [0.2, 0.25) is 0 Å². The van der Waals surface area contributed by atoms with Crippen molar-refractivity contribution in [1.82, 2.24) is 10.2 Å². The molecule has 1 aliphatic carbocycles. The summed E-state index contributed by atoms with van der Waals surface area (Å²) in [5, 5.41) is 11.6. The first-order valence-electron chi connectivity index (χ1n) is 6.64. The van der Waals surface area contributed by atoms with E-state index < -0.39 is 12.0 Å². The van der Waals surface area contributed by atoms with Crippen LogP contribution in [0.15, 0.2) is 0 Å². The summed E-state index contributed by atoms with van der Waals surface area (Å²) < 4.78 is 0. The van der Waals surface area contributed by atoms with E-state index in [0.717, 1.165) is 6.54 Å². The van der Waals surface area contributed by atoms with Crippen LogP contribution in [0, 0.1) is 11.8 Å². The van der Waals surface area contributed by atoms with Crippen LogP contribution >= 0.6 is 0 Å². The first kappa shape index (κ1) is 14.8. The standard InChI is InChI=1S/C13H24N2O3/c1-9(2)7-11(12(16)17)14-13(18)15(3)8-10-5-4-6-10/h9-11H,4-8H2,1-3H3,(H,14,18)(H,16,17)/t11-/m0/s1. The van der Waals surface area contributed by atoms with Gasteiger partial charge >= 0.3 is 12.0 Å². The molecular weight excluding hydrogens is 232 g/mol. The highest BCUT2D eigenvalue weighted by atomic mass is 16.4. The van der Waals surface area contributed by atoms with E-state index in [-0.39, 0.29) is 11.9 Å². The van der Waals surface area contributed by atoms with E-state index in [1.54, 1.807) is 11.9 Å². The second-order valence-corrected chi connectivity index (χ2v) is 5.65. The van der Waals surface area contributed by atoms with Gasteiger partial charge in [-0.05, 0) is 31.1 Å². The van der Waals surface area contributed by atoms with Crippen molar-refractivity contribution >= 4 is 12.0 Å². The van der Waals surface area contributed by atoms with Gasteiger partial charge in [0.05, 0.1) is 0 Å². The summed E-state index contributed by atoms with van der Waals surface area (Å²) in [4.78, 5) is 24.5. The fraction of sp³-hybridized carbons (Fsp3) is 0.846. The molecular formula is C13H24N2O3. The van der Waals surface area contributed by atoms with Gasteiger partial charge in [-0.25, -0.2) is 9.59 Å². The first-order chi connectivity index (χ1) is 8.40. The number of carboxylic acids is 1. The van der Waals surface area contributed by atoms with Gasteiger partial charge in [-0.15, -0.1) is 0 Å². The molecule has 0 aromatic heterocycles. The van der Waals surface area contributed by atoms with E-state index in [2.05, 4.69) is 5.32 Å². The fourth-order valence-corrected chi connectivity index (χ4v) is 2.10. The van der Waals surface area contributed by atoms with Gasteiger partial charge in [-0.3, -0.25) is 0 Å².